The zero-order chi connectivity index (χ0) is 19.3. The summed E-state index contributed by atoms with van der Waals surface area (Å²) in [5.41, 5.74) is 3.28. The maximum absolute atomic E-state index is 7.65. The predicted octanol–water partition coefficient (Wildman–Crippen LogP) is 6.88. The second kappa shape index (κ2) is 9.63. The van der Waals surface area contributed by atoms with Crippen molar-refractivity contribution >= 4 is 6.21 Å². The minimum atomic E-state index is 0.419. The smallest absolute Gasteiger partial charge is 0.0179 e. The highest BCUT2D eigenvalue weighted by Gasteiger charge is 2.34. The van der Waals surface area contributed by atoms with E-state index in [0.29, 0.717) is 5.92 Å². The molecule has 2 nitrogen and oxygen atoms in total. The van der Waals surface area contributed by atoms with Crippen LogP contribution in [0.1, 0.15) is 90.4 Å². The minimum absolute atomic E-state index is 0.419. The van der Waals surface area contributed by atoms with Crippen molar-refractivity contribution in [2.45, 2.75) is 90.4 Å². The van der Waals surface area contributed by atoms with Gasteiger partial charge < -0.3 is 10.7 Å². The molecule has 4 aliphatic rings. The summed E-state index contributed by atoms with van der Waals surface area (Å²) in [6.07, 6.45) is 24.8. The van der Waals surface area contributed by atoms with Crippen LogP contribution in [0.5, 0.6) is 0 Å². The third-order valence-corrected chi connectivity index (χ3v) is 8.90. The normalized spacial score (nSPS) is 37.5. The second-order valence-corrected chi connectivity index (χ2v) is 10.2. The molecule has 0 aromatic rings. The van der Waals surface area contributed by atoms with Gasteiger partial charge in [-0.2, -0.15) is 0 Å². The second-order valence-electron chi connectivity index (χ2n) is 10.2. The molecule has 2 fully saturated rings. The fourth-order valence-corrected chi connectivity index (χ4v) is 6.99. The molecule has 2 heteroatoms. The highest BCUT2D eigenvalue weighted by atomic mass is 14.9. The lowest BCUT2D eigenvalue weighted by Gasteiger charge is -2.40. The molecule has 0 saturated heterocycles. The number of nitrogens with one attached hydrogen (secondary N) is 2. The van der Waals surface area contributed by atoms with E-state index in [4.69, 9.17) is 5.41 Å². The van der Waals surface area contributed by atoms with E-state index in [0.717, 1.165) is 36.0 Å². The van der Waals surface area contributed by atoms with Gasteiger partial charge in [-0.1, -0.05) is 18.6 Å². The van der Waals surface area contributed by atoms with Crippen molar-refractivity contribution in [2.24, 2.45) is 35.5 Å². The molecule has 3 aliphatic carbocycles. The van der Waals surface area contributed by atoms with Crippen LogP contribution in [-0.4, -0.2) is 12.8 Å². The van der Waals surface area contributed by atoms with E-state index in [2.05, 4.69) is 24.5 Å². The molecule has 2 saturated carbocycles. The molecule has 0 radical (unpaired) electrons. The average Bonchev–Trinajstić information content (AvgIpc) is 3.30. The van der Waals surface area contributed by atoms with Crippen molar-refractivity contribution in [3.63, 3.8) is 0 Å². The quantitative estimate of drug-likeness (QED) is 0.381. The third-order valence-electron chi connectivity index (χ3n) is 8.90. The Kier molecular flexibility index (Phi) is 6.96. The van der Waals surface area contributed by atoms with Gasteiger partial charge in [0.05, 0.1) is 0 Å². The highest BCUT2D eigenvalue weighted by Crippen LogP contribution is 2.46. The molecule has 0 spiro atoms. The summed E-state index contributed by atoms with van der Waals surface area (Å²) in [5, 5.41) is 11.1. The zero-order valence-corrected chi connectivity index (χ0v) is 18.1. The topological polar surface area (TPSA) is 35.9 Å². The van der Waals surface area contributed by atoms with Crippen LogP contribution in [0.3, 0.4) is 0 Å². The van der Waals surface area contributed by atoms with Crippen molar-refractivity contribution in [3.8, 4) is 0 Å². The monoisotopic (exact) mass is 382 g/mol. The lowest BCUT2D eigenvalue weighted by atomic mass is 9.65. The van der Waals surface area contributed by atoms with E-state index < -0.39 is 0 Å². The van der Waals surface area contributed by atoms with Gasteiger partial charge in [0.2, 0.25) is 0 Å². The average molecular weight is 383 g/mol. The standard InChI is InChI=1S/C26H42N2/c1-2-19(17-27)20-3-5-21(6-4-20)22-7-9-23(10-8-22)24-11-13-25(14-12-24)26-15-16-28-18-26/h3,17-19,21-25,27-28H,2,4-16H2,1H3. The zero-order valence-electron chi connectivity index (χ0n) is 18.1. The Balaban J connectivity index is 1.21. The Labute approximate surface area is 173 Å². The van der Waals surface area contributed by atoms with Crippen molar-refractivity contribution in [1.82, 2.24) is 5.32 Å². The molecular weight excluding hydrogens is 340 g/mol. The van der Waals surface area contributed by atoms with Gasteiger partial charge in [-0.15, -0.1) is 0 Å². The van der Waals surface area contributed by atoms with Crippen LogP contribution in [0.15, 0.2) is 23.4 Å². The molecule has 4 rings (SSSR count). The van der Waals surface area contributed by atoms with Crippen molar-refractivity contribution in [3.05, 3.63) is 23.4 Å². The first kappa shape index (κ1) is 20.2. The molecule has 0 aromatic carbocycles. The summed E-state index contributed by atoms with van der Waals surface area (Å²) in [4.78, 5) is 0. The van der Waals surface area contributed by atoms with Gasteiger partial charge in [0.1, 0.15) is 0 Å². The van der Waals surface area contributed by atoms with Crippen molar-refractivity contribution < 1.29 is 0 Å². The summed E-state index contributed by atoms with van der Waals surface area (Å²) in [5.74, 6) is 5.31. The van der Waals surface area contributed by atoms with Crippen molar-refractivity contribution in [2.75, 3.05) is 6.54 Å². The van der Waals surface area contributed by atoms with Crippen LogP contribution in [0, 0.1) is 40.9 Å². The van der Waals surface area contributed by atoms with Gasteiger partial charge in [0.15, 0.2) is 0 Å². The fourth-order valence-electron chi connectivity index (χ4n) is 6.99. The van der Waals surface area contributed by atoms with E-state index in [1.54, 1.807) is 17.4 Å². The van der Waals surface area contributed by atoms with Crippen LogP contribution in [0.25, 0.3) is 0 Å². The summed E-state index contributed by atoms with van der Waals surface area (Å²) in [6.45, 7) is 3.40. The number of allylic oxidation sites excluding steroid dienone is 2. The molecule has 2 atom stereocenters. The molecule has 1 heterocycles. The molecule has 28 heavy (non-hydrogen) atoms. The summed E-state index contributed by atoms with van der Waals surface area (Å²) < 4.78 is 0. The summed E-state index contributed by atoms with van der Waals surface area (Å²) >= 11 is 0. The molecule has 0 aromatic heterocycles. The van der Waals surface area contributed by atoms with Crippen LogP contribution in [0.4, 0.5) is 0 Å². The largest absolute Gasteiger partial charge is 0.391 e. The van der Waals surface area contributed by atoms with Crippen LogP contribution < -0.4 is 5.32 Å². The van der Waals surface area contributed by atoms with Gasteiger partial charge in [0, 0.05) is 18.7 Å². The molecule has 2 unspecified atom stereocenters. The maximum Gasteiger partial charge on any atom is 0.0179 e. The van der Waals surface area contributed by atoms with Gasteiger partial charge in [-0.25, -0.2) is 0 Å². The Morgan fingerprint density at radius 1 is 0.929 bits per heavy atom. The number of hydrogen-bond donors (Lipinski definition) is 2. The Bertz CT molecular complexity index is 573. The molecule has 156 valence electrons. The fraction of sp³-hybridized carbons (Fsp3) is 0.808. The van der Waals surface area contributed by atoms with Crippen LogP contribution in [-0.2, 0) is 0 Å². The predicted molar refractivity (Wildman–Crippen MR) is 120 cm³/mol. The first-order valence-electron chi connectivity index (χ1n) is 12.4. The molecule has 0 amide bonds. The Morgan fingerprint density at radius 3 is 2.07 bits per heavy atom. The van der Waals surface area contributed by atoms with Crippen molar-refractivity contribution in [1.29, 1.82) is 5.41 Å². The van der Waals surface area contributed by atoms with E-state index >= 15 is 0 Å². The Hall–Kier alpha value is -1.05. The SMILES string of the molecule is CCC(C=N)C1=CCC(C2CCC(C3CCC(C4=CNCC4)CC3)CC2)CC1. The lowest BCUT2D eigenvalue weighted by molar-refractivity contribution is 0.126. The van der Waals surface area contributed by atoms with Gasteiger partial charge in [-0.05, 0) is 125 Å². The third kappa shape index (κ3) is 4.57. The molecule has 2 N–H and O–H groups in total. The molecule has 1 aliphatic heterocycles. The van der Waals surface area contributed by atoms with E-state index in [9.17, 15) is 0 Å². The summed E-state index contributed by atoms with van der Waals surface area (Å²) in [6, 6.07) is 0. The minimum Gasteiger partial charge on any atom is -0.391 e. The van der Waals surface area contributed by atoms with Gasteiger partial charge in [0.25, 0.3) is 0 Å². The molecule has 0 bridgehead atoms. The Morgan fingerprint density at radius 2 is 1.57 bits per heavy atom. The number of rotatable bonds is 6. The van der Waals surface area contributed by atoms with Gasteiger partial charge >= 0.3 is 0 Å². The molecular formula is C26H42N2. The van der Waals surface area contributed by atoms with E-state index in [1.165, 1.54) is 83.6 Å². The first-order valence-corrected chi connectivity index (χ1v) is 12.4. The highest BCUT2D eigenvalue weighted by molar-refractivity contribution is 5.61. The van der Waals surface area contributed by atoms with E-state index in [1.807, 2.05) is 0 Å². The van der Waals surface area contributed by atoms with Gasteiger partial charge in [-0.3, -0.25) is 0 Å². The number of hydrogen-bond acceptors (Lipinski definition) is 2. The summed E-state index contributed by atoms with van der Waals surface area (Å²) in [7, 11) is 0. The lowest BCUT2D eigenvalue weighted by Crippen LogP contribution is -2.29. The maximum atomic E-state index is 7.65. The van der Waals surface area contributed by atoms with Crippen LogP contribution in [0.2, 0.25) is 0 Å². The first-order chi connectivity index (χ1) is 13.8. The van der Waals surface area contributed by atoms with Crippen LogP contribution >= 0.6 is 0 Å². The van der Waals surface area contributed by atoms with E-state index in [-0.39, 0.29) is 0 Å².